The van der Waals surface area contributed by atoms with Gasteiger partial charge in [0.25, 0.3) is 0 Å². The van der Waals surface area contributed by atoms with E-state index < -0.39 is 23.6 Å². The van der Waals surface area contributed by atoms with Crippen LogP contribution in [0.5, 0.6) is 0 Å². The van der Waals surface area contributed by atoms with Crippen LogP contribution in [0.15, 0.2) is 103 Å². The SMILES string of the molecule is CC(c1ccccc1)N(Cc1ccccc1)C(CC(=O)O)c1cccc(-c2ccc(F)c(F)c2)c1. The molecular weight excluding hydrogens is 444 g/mol. The molecular formula is C30H27F2NO2. The van der Waals surface area contributed by atoms with Gasteiger partial charge in [-0.2, -0.15) is 0 Å². The fourth-order valence-electron chi connectivity index (χ4n) is 4.43. The highest BCUT2D eigenvalue weighted by Gasteiger charge is 2.28. The van der Waals surface area contributed by atoms with Crippen molar-refractivity contribution < 1.29 is 18.7 Å². The summed E-state index contributed by atoms with van der Waals surface area (Å²) in [6.45, 7) is 2.62. The summed E-state index contributed by atoms with van der Waals surface area (Å²) >= 11 is 0. The van der Waals surface area contributed by atoms with E-state index in [9.17, 15) is 18.7 Å². The molecule has 1 N–H and O–H groups in total. The topological polar surface area (TPSA) is 40.5 Å². The van der Waals surface area contributed by atoms with E-state index in [1.54, 1.807) is 0 Å². The molecule has 35 heavy (non-hydrogen) atoms. The normalized spacial score (nSPS) is 12.9. The fraction of sp³-hybridized carbons (Fsp3) is 0.167. The zero-order valence-corrected chi connectivity index (χ0v) is 19.4. The van der Waals surface area contributed by atoms with E-state index >= 15 is 0 Å². The molecule has 0 saturated heterocycles. The summed E-state index contributed by atoms with van der Waals surface area (Å²) in [7, 11) is 0. The van der Waals surface area contributed by atoms with Gasteiger partial charge in [-0.3, -0.25) is 9.69 Å². The van der Waals surface area contributed by atoms with E-state index in [2.05, 4.69) is 11.8 Å². The largest absolute Gasteiger partial charge is 0.481 e. The van der Waals surface area contributed by atoms with E-state index in [0.717, 1.165) is 28.8 Å². The molecule has 0 amide bonds. The number of benzene rings is 4. The van der Waals surface area contributed by atoms with Crippen LogP contribution >= 0.6 is 0 Å². The van der Waals surface area contributed by atoms with Crippen LogP contribution < -0.4 is 0 Å². The lowest BCUT2D eigenvalue weighted by Gasteiger charge is -2.37. The predicted octanol–water partition coefficient (Wildman–Crippen LogP) is 7.41. The highest BCUT2D eigenvalue weighted by molar-refractivity contribution is 5.69. The number of nitrogens with zero attached hydrogens (tertiary/aromatic N) is 1. The quantitative estimate of drug-likeness (QED) is 0.276. The highest BCUT2D eigenvalue weighted by Crippen LogP contribution is 2.36. The minimum Gasteiger partial charge on any atom is -0.481 e. The Morgan fingerprint density at radius 1 is 0.771 bits per heavy atom. The van der Waals surface area contributed by atoms with E-state index in [0.29, 0.717) is 17.7 Å². The molecule has 3 nitrogen and oxygen atoms in total. The molecule has 0 fully saturated rings. The first-order valence-electron chi connectivity index (χ1n) is 11.5. The molecule has 2 unspecified atom stereocenters. The first-order chi connectivity index (χ1) is 16.9. The molecule has 0 saturated carbocycles. The Kier molecular flexibility index (Phi) is 7.68. The number of halogens is 2. The molecule has 4 aromatic rings. The average Bonchev–Trinajstić information content (AvgIpc) is 2.88. The Balaban J connectivity index is 1.78. The van der Waals surface area contributed by atoms with E-state index in [1.807, 2.05) is 84.9 Å². The van der Waals surface area contributed by atoms with Crippen molar-refractivity contribution in [2.45, 2.75) is 32.0 Å². The second-order valence-electron chi connectivity index (χ2n) is 8.61. The Hall–Kier alpha value is -3.83. The zero-order chi connectivity index (χ0) is 24.8. The Labute approximate surface area is 204 Å². The van der Waals surface area contributed by atoms with Gasteiger partial charge in [-0.05, 0) is 52.9 Å². The molecule has 0 aliphatic rings. The first kappa shape index (κ1) is 24.3. The molecule has 0 radical (unpaired) electrons. The number of carbonyl (C=O) groups is 1. The minimum atomic E-state index is -0.918. The summed E-state index contributed by atoms with van der Waals surface area (Å²) < 4.78 is 27.4. The van der Waals surface area contributed by atoms with Crippen LogP contribution in [-0.2, 0) is 11.3 Å². The molecule has 0 aliphatic carbocycles. The molecule has 178 valence electrons. The molecule has 4 rings (SSSR count). The van der Waals surface area contributed by atoms with Gasteiger partial charge in [-0.25, -0.2) is 8.78 Å². The van der Waals surface area contributed by atoms with Crippen LogP contribution in [0.25, 0.3) is 11.1 Å². The van der Waals surface area contributed by atoms with Gasteiger partial charge in [0, 0.05) is 18.6 Å². The van der Waals surface area contributed by atoms with Gasteiger partial charge in [0.2, 0.25) is 0 Å². The molecule has 5 heteroatoms. The molecule has 0 aromatic heterocycles. The lowest BCUT2D eigenvalue weighted by molar-refractivity contribution is -0.138. The number of rotatable bonds is 9. The maximum atomic E-state index is 13.9. The van der Waals surface area contributed by atoms with Crippen LogP contribution in [0, 0.1) is 11.6 Å². The Morgan fingerprint density at radius 3 is 2.06 bits per heavy atom. The summed E-state index contributed by atoms with van der Waals surface area (Å²) in [6, 6.07) is 30.6. The lowest BCUT2D eigenvalue weighted by atomic mass is 9.94. The fourth-order valence-corrected chi connectivity index (χ4v) is 4.43. The van der Waals surface area contributed by atoms with Crippen LogP contribution in [0.4, 0.5) is 8.78 Å². The Morgan fingerprint density at radius 2 is 1.40 bits per heavy atom. The average molecular weight is 472 g/mol. The van der Waals surface area contributed by atoms with Gasteiger partial charge in [0.1, 0.15) is 0 Å². The molecule has 0 aliphatic heterocycles. The number of hydrogen-bond donors (Lipinski definition) is 1. The Bertz CT molecular complexity index is 1280. The lowest BCUT2D eigenvalue weighted by Crippen LogP contribution is -2.32. The summed E-state index contributed by atoms with van der Waals surface area (Å²) in [5, 5.41) is 9.85. The molecule has 0 heterocycles. The second kappa shape index (κ2) is 11.1. The van der Waals surface area contributed by atoms with Crippen LogP contribution in [-0.4, -0.2) is 16.0 Å². The maximum absolute atomic E-state index is 13.9. The van der Waals surface area contributed by atoms with Crippen molar-refractivity contribution in [1.82, 2.24) is 4.90 Å². The minimum absolute atomic E-state index is 0.0762. The molecule has 0 bridgehead atoms. The number of carboxylic acid groups (broad SMARTS) is 1. The number of hydrogen-bond acceptors (Lipinski definition) is 2. The van der Waals surface area contributed by atoms with E-state index in [-0.39, 0.29) is 12.5 Å². The van der Waals surface area contributed by atoms with Crippen molar-refractivity contribution in [2.75, 3.05) is 0 Å². The van der Waals surface area contributed by atoms with Crippen LogP contribution in [0.3, 0.4) is 0 Å². The monoisotopic (exact) mass is 471 g/mol. The predicted molar refractivity (Wildman–Crippen MR) is 134 cm³/mol. The summed E-state index contributed by atoms with van der Waals surface area (Å²) in [4.78, 5) is 14.2. The number of aliphatic carboxylic acids is 1. The van der Waals surface area contributed by atoms with Crippen LogP contribution in [0.2, 0.25) is 0 Å². The smallest absolute Gasteiger partial charge is 0.305 e. The standard InChI is InChI=1S/C30H27F2NO2/c1-21(23-11-6-3-7-12-23)33(20-22-9-4-2-5-10-22)29(19-30(34)35)26-14-8-13-24(17-26)25-15-16-27(31)28(32)18-25/h2-18,21,29H,19-20H2,1H3,(H,34,35). The molecule has 2 atom stereocenters. The maximum Gasteiger partial charge on any atom is 0.305 e. The summed E-state index contributed by atoms with van der Waals surface area (Å²) in [5.41, 5.74) is 4.18. The van der Waals surface area contributed by atoms with Crippen molar-refractivity contribution in [1.29, 1.82) is 0 Å². The van der Waals surface area contributed by atoms with Gasteiger partial charge < -0.3 is 5.11 Å². The summed E-state index contributed by atoms with van der Waals surface area (Å²) in [6.07, 6.45) is -0.106. The van der Waals surface area contributed by atoms with Crippen molar-refractivity contribution in [3.8, 4) is 11.1 Å². The second-order valence-corrected chi connectivity index (χ2v) is 8.61. The van der Waals surface area contributed by atoms with Crippen molar-refractivity contribution in [3.05, 3.63) is 131 Å². The van der Waals surface area contributed by atoms with Crippen molar-refractivity contribution in [3.63, 3.8) is 0 Å². The van der Waals surface area contributed by atoms with Gasteiger partial charge in [-0.1, -0.05) is 84.9 Å². The molecule has 0 spiro atoms. The van der Waals surface area contributed by atoms with Gasteiger partial charge in [0.05, 0.1) is 6.42 Å². The van der Waals surface area contributed by atoms with Crippen molar-refractivity contribution >= 4 is 5.97 Å². The van der Waals surface area contributed by atoms with Gasteiger partial charge >= 0.3 is 5.97 Å². The highest BCUT2D eigenvalue weighted by atomic mass is 19.2. The van der Waals surface area contributed by atoms with E-state index in [4.69, 9.17) is 0 Å². The third-order valence-corrected chi connectivity index (χ3v) is 6.28. The third kappa shape index (κ3) is 6.00. The zero-order valence-electron chi connectivity index (χ0n) is 19.4. The first-order valence-corrected chi connectivity index (χ1v) is 11.5. The van der Waals surface area contributed by atoms with E-state index in [1.165, 1.54) is 6.07 Å². The molecule has 4 aromatic carbocycles. The third-order valence-electron chi connectivity index (χ3n) is 6.28. The number of carboxylic acids is 1. The summed E-state index contributed by atoms with van der Waals surface area (Å²) in [5.74, 6) is -2.73. The van der Waals surface area contributed by atoms with Crippen molar-refractivity contribution in [2.24, 2.45) is 0 Å². The van der Waals surface area contributed by atoms with Gasteiger partial charge in [0.15, 0.2) is 11.6 Å². The van der Waals surface area contributed by atoms with Gasteiger partial charge in [-0.15, -0.1) is 0 Å². The van der Waals surface area contributed by atoms with Crippen LogP contribution in [0.1, 0.15) is 42.1 Å².